The molecule has 0 unspecified atom stereocenters. The van der Waals surface area contributed by atoms with E-state index in [2.05, 4.69) is 0 Å². The summed E-state index contributed by atoms with van der Waals surface area (Å²) in [4.78, 5) is 41.4. The Bertz CT molecular complexity index is 735. The molecule has 2 aromatic rings. The van der Waals surface area contributed by atoms with Gasteiger partial charge in [-0.3, -0.25) is 0 Å². The van der Waals surface area contributed by atoms with E-state index in [1.807, 2.05) is 0 Å². The summed E-state index contributed by atoms with van der Waals surface area (Å²) in [5, 5.41) is 33.9. The van der Waals surface area contributed by atoms with E-state index >= 15 is 0 Å². The van der Waals surface area contributed by atoms with Gasteiger partial charge in [0.2, 0.25) is 0 Å². The SMILES string of the molecule is O=C(O)c1ccc(C(=O)O)cc1.O=C(O)c1cccc(C(=O)O)c1.[H-].[H-].[Na+].[Na+]. The van der Waals surface area contributed by atoms with Crippen molar-refractivity contribution in [3.05, 3.63) is 70.8 Å². The standard InChI is InChI=1S/2C8H6O4.2Na.2H/c9-7(10)5-1-2-6(4-3-5)8(11)12;9-7(10)5-2-1-3-6(4-5)8(11)12;;;;/h2*1-4H,(H,9,10)(H,11,12);;;;/q;;2*+1;2*-1. The number of carbonyl (C=O) groups is 4. The molecule has 10 heteroatoms. The van der Waals surface area contributed by atoms with Gasteiger partial charge in [-0.15, -0.1) is 0 Å². The third-order valence-corrected chi connectivity index (χ3v) is 2.74. The summed E-state index contributed by atoms with van der Waals surface area (Å²) in [6.07, 6.45) is 0. The van der Waals surface area contributed by atoms with Crippen LogP contribution in [-0.4, -0.2) is 44.3 Å². The van der Waals surface area contributed by atoms with E-state index in [1.165, 1.54) is 42.5 Å². The number of carboxylic acids is 4. The second-order valence-electron chi connectivity index (χ2n) is 4.38. The summed E-state index contributed by atoms with van der Waals surface area (Å²) in [6.45, 7) is 0. The molecule has 0 saturated heterocycles. The molecule has 0 bridgehead atoms. The molecule has 0 radical (unpaired) electrons. The van der Waals surface area contributed by atoms with Crippen LogP contribution in [-0.2, 0) is 0 Å². The Hall–Kier alpha value is -1.68. The molecule has 8 nitrogen and oxygen atoms in total. The smallest absolute Gasteiger partial charge is 1.00 e. The molecule has 2 rings (SSSR count). The number of rotatable bonds is 4. The van der Waals surface area contributed by atoms with Crippen molar-refractivity contribution in [2.24, 2.45) is 0 Å². The molecule has 0 spiro atoms. The molecule has 0 atom stereocenters. The van der Waals surface area contributed by atoms with Gasteiger partial charge in [-0.25, -0.2) is 19.2 Å². The van der Waals surface area contributed by atoms with E-state index in [0.717, 1.165) is 6.07 Å². The maximum absolute atomic E-state index is 10.4. The van der Waals surface area contributed by atoms with Crippen molar-refractivity contribution in [1.29, 1.82) is 0 Å². The third kappa shape index (κ3) is 8.61. The second-order valence-corrected chi connectivity index (χ2v) is 4.38. The van der Waals surface area contributed by atoms with E-state index in [4.69, 9.17) is 20.4 Å². The van der Waals surface area contributed by atoms with E-state index in [9.17, 15) is 19.2 Å². The Morgan fingerprint density at radius 2 is 0.808 bits per heavy atom. The predicted molar refractivity (Wildman–Crippen MR) is 82.9 cm³/mol. The Kier molecular flexibility index (Phi) is 12.9. The van der Waals surface area contributed by atoms with Gasteiger partial charge in [0, 0.05) is 0 Å². The molecule has 0 heterocycles. The first-order valence-electron chi connectivity index (χ1n) is 6.35. The van der Waals surface area contributed by atoms with Crippen LogP contribution in [0.2, 0.25) is 0 Å². The van der Waals surface area contributed by atoms with E-state index in [1.54, 1.807) is 0 Å². The van der Waals surface area contributed by atoms with Crippen molar-refractivity contribution in [2.75, 3.05) is 0 Å². The van der Waals surface area contributed by atoms with Crippen molar-refractivity contribution < 1.29 is 102 Å². The minimum Gasteiger partial charge on any atom is -1.00 e. The van der Waals surface area contributed by atoms with Crippen LogP contribution in [0.15, 0.2) is 48.5 Å². The van der Waals surface area contributed by atoms with Crippen LogP contribution in [0.25, 0.3) is 0 Å². The first-order chi connectivity index (χ1) is 11.2. The Balaban J connectivity index is -0.000000180. The van der Waals surface area contributed by atoms with Gasteiger partial charge in [0.25, 0.3) is 0 Å². The van der Waals surface area contributed by atoms with Crippen molar-refractivity contribution in [3.63, 3.8) is 0 Å². The summed E-state index contributed by atoms with van der Waals surface area (Å²) in [6, 6.07) is 10.2. The van der Waals surface area contributed by atoms with Gasteiger partial charge in [0.1, 0.15) is 0 Å². The fourth-order valence-electron chi connectivity index (χ4n) is 1.54. The number of benzene rings is 2. The van der Waals surface area contributed by atoms with Crippen molar-refractivity contribution >= 4 is 23.9 Å². The molecule has 0 aromatic heterocycles. The summed E-state index contributed by atoms with van der Waals surface area (Å²) in [5.41, 5.74) is 0.129. The van der Waals surface area contributed by atoms with Crippen molar-refractivity contribution in [1.82, 2.24) is 0 Å². The van der Waals surface area contributed by atoms with Crippen LogP contribution in [0.1, 0.15) is 44.3 Å². The average Bonchev–Trinajstić information content (AvgIpc) is 2.55. The number of hydrogen-bond acceptors (Lipinski definition) is 4. The van der Waals surface area contributed by atoms with Gasteiger partial charge in [0.05, 0.1) is 22.3 Å². The number of carboxylic acid groups (broad SMARTS) is 4. The molecular formula is C16H14Na2O8. The summed E-state index contributed by atoms with van der Waals surface area (Å²) in [5.74, 6) is -4.38. The molecule has 128 valence electrons. The van der Waals surface area contributed by atoms with Crippen LogP contribution in [0.5, 0.6) is 0 Å². The summed E-state index contributed by atoms with van der Waals surface area (Å²) < 4.78 is 0. The zero-order chi connectivity index (χ0) is 18.3. The van der Waals surface area contributed by atoms with Gasteiger partial charge in [-0.2, -0.15) is 0 Å². The first kappa shape index (κ1) is 26.5. The first-order valence-corrected chi connectivity index (χ1v) is 6.35. The van der Waals surface area contributed by atoms with Crippen LogP contribution in [0.4, 0.5) is 0 Å². The fraction of sp³-hybridized carbons (Fsp3) is 0. The Morgan fingerprint density at radius 1 is 0.538 bits per heavy atom. The minimum atomic E-state index is -1.13. The molecular weight excluding hydrogens is 366 g/mol. The average molecular weight is 380 g/mol. The van der Waals surface area contributed by atoms with Gasteiger partial charge in [-0.1, -0.05) is 6.07 Å². The van der Waals surface area contributed by atoms with E-state index < -0.39 is 23.9 Å². The number of hydrogen-bond donors (Lipinski definition) is 4. The van der Waals surface area contributed by atoms with Gasteiger partial charge in [-0.05, 0) is 42.5 Å². The summed E-state index contributed by atoms with van der Waals surface area (Å²) in [7, 11) is 0. The maximum Gasteiger partial charge on any atom is 1.00 e. The number of aromatic carboxylic acids is 4. The van der Waals surface area contributed by atoms with Crippen LogP contribution >= 0.6 is 0 Å². The van der Waals surface area contributed by atoms with Crippen molar-refractivity contribution in [2.45, 2.75) is 0 Å². The van der Waals surface area contributed by atoms with E-state index in [-0.39, 0.29) is 84.2 Å². The van der Waals surface area contributed by atoms with Gasteiger partial charge >= 0.3 is 83.0 Å². The molecule has 0 saturated carbocycles. The molecule has 0 aliphatic carbocycles. The van der Waals surface area contributed by atoms with Gasteiger partial charge in [0.15, 0.2) is 0 Å². The fourth-order valence-corrected chi connectivity index (χ4v) is 1.54. The maximum atomic E-state index is 10.4. The topological polar surface area (TPSA) is 149 Å². The second kappa shape index (κ2) is 12.6. The monoisotopic (exact) mass is 380 g/mol. The Labute approximate surface area is 195 Å². The normalized spacial score (nSPS) is 8.62. The molecule has 0 fully saturated rings. The third-order valence-electron chi connectivity index (χ3n) is 2.74. The molecule has 4 N–H and O–H groups in total. The van der Waals surface area contributed by atoms with E-state index in [0.29, 0.717) is 0 Å². The van der Waals surface area contributed by atoms with Gasteiger partial charge < -0.3 is 23.3 Å². The zero-order valence-electron chi connectivity index (χ0n) is 16.0. The molecule has 26 heavy (non-hydrogen) atoms. The van der Waals surface area contributed by atoms with Crippen LogP contribution in [0, 0.1) is 0 Å². The quantitative estimate of drug-likeness (QED) is 0.398. The Morgan fingerprint density at radius 3 is 1.04 bits per heavy atom. The van der Waals surface area contributed by atoms with Crippen molar-refractivity contribution in [3.8, 4) is 0 Å². The molecule has 0 aliphatic heterocycles. The predicted octanol–water partition coefficient (Wildman–Crippen LogP) is -3.60. The molecule has 0 aliphatic rings. The minimum absolute atomic E-state index is 0. The van der Waals surface area contributed by atoms with Crippen LogP contribution in [0.3, 0.4) is 0 Å². The summed E-state index contributed by atoms with van der Waals surface area (Å²) >= 11 is 0. The van der Waals surface area contributed by atoms with Crippen LogP contribution < -0.4 is 59.1 Å². The largest absolute Gasteiger partial charge is 1.00 e. The molecule has 2 aromatic carbocycles. The molecule has 0 amide bonds. The zero-order valence-corrected chi connectivity index (χ0v) is 18.0.